The van der Waals surface area contributed by atoms with E-state index in [1.165, 1.54) is 56.5 Å². The summed E-state index contributed by atoms with van der Waals surface area (Å²) in [4.78, 5) is 2.33. The maximum atomic E-state index is 6.60. The minimum Gasteiger partial charge on any atom is -0.456 e. The zero-order chi connectivity index (χ0) is 28.8. The molecule has 7 aromatic carbocycles. The van der Waals surface area contributed by atoms with Crippen molar-refractivity contribution in [3.8, 4) is 0 Å². The van der Waals surface area contributed by atoms with E-state index in [2.05, 4.69) is 144 Å². The van der Waals surface area contributed by atoms with E-state index in [1.807, 2.05) is 22.7 Å². The number of fused-ring (bicyclic) bond motifs is 12. The third-order valence-corrected chi connectivity index (χ3v) is 11.2. The maximum absolute atomic E-state index is 6.60. The smallest absolute Gasteiger partial charge is 0.137 e. The van der Waals surface area contributed by atoms with Crippen molar-refractivity contribution in [2.75, 3.05) is 4.90 Å². The molecule has 0 aliphatic heterocycles. The molecule has 3 heterocycles. The zero-order valence-corrected chi connectivity index (χ0v) is 25.1. The van der Waals surface area contributed by atoms with E-state index < -0.39 is 0 Å². The van der Waals surface area contributed by atoms with Gasteiger partial charge in [-0.25, -0.2) is 0 Å². The van der Waals surface area contributed by atoms with E-state index in [-0.39, 0.29) is 0 Å². The van der Waals surface area contributed by atoms with Gasteiger partial charge in [0.15, 0.2) is 0 Å². The van der Waals surface area contributed by atoms with Crippen LogP contribution in [0.4, 0.5) is 17.1 Å². The monoisotopic (exact) mass is 597 g/mol. The van der Waals surface area contributed by atoms with Gasteiger partial charge in [0.2, 0.25) is 0 Å². The Kier molecular flexibility index (Phi) is 5.06. The topological polar surface area (TPSA) is 16.4 Å². The van der Waals surface area contributed by atoms with Crippen molar-refractivity contribution in [3.63, 3.8) is 0 Å². The molecule has 0 radical (unpaired) electrons. The van der Waals surface area contributed by atoms with Gasteiger partial charge in [-0.15, -0.1) is 22.7 Å². The first-order valence-electron chi connectivity index (χ1n) is 14.8. The van der Waals surface area contributed by atoms with Crippen LogP contribution >= 0.6 is 22.7 Å². The number of benzene rings is 7. The standard InChI is InChI=1S/C40H23NOS2/c1-2-9-25(10-3-1)41(26-16-21-36-32(22-26)29-12-6-7-13-35(29)43-36)27-15-17-30-34(23-27)42-33-19-18-31-38-28-11-5-4-8-24(28)14-20-37(38)44-40(31)39(30)33/h1-23H. The average molecular weight is 598 g/mol. The summed E-state index contributed by atoms with van der Waals surface area (Å²) in [6, 6.07) is 50.4. The summed E-state index contributed by atoms with van der Waals surface area (Å²) >= 11 is 3.71. The number of para-hydroxylation sites is 1. The molecule has 0 amide bonds. The van der Waals surface area contributed by atoms with Gasteiger partial charge in [-0.3, -0.25) is 0 Å². The summed E-state index contributed by atoms with van der Waals surface area (Å²) in [6.45, 7) is 0. The maximum Gasteiger partial charge on any atom is 0.137 e. The second kappa shape index (κ2) is 9.17. The molecule has 10 rings (SSSR count). The number of furan rings is 1. The zero-order valence-electron chi connectivity index (χ0n) is 23.5. The molecule has 0 atom stereocenters. The minimum absolute atomic E-state index is 0.898. The molecule has 10 aromatic rings. The second-order valence-electron chi connectivity index (χ2n) is 11.3. The van der Waals surface area contributed by atoms with Gasteiger partial charge in [-0.05, 0) is 77.5 Å². The molecule has 4 heteroatoms. The summed E-state index contributed by atoms with van der Waals surface area (Å²) in [5.41, 5.74) is 5.13. The van der Waals surface area contributed by atoms with Crippen LogP contribution in [0.2, 0.25) is 0 Å². The number of anilines is 3. The lowest BCUT2D eigenvalue weighted by Crippen LogP contribution is -2.09. The van der Waals surface area contributed by atoms with Gasteiger partial charge >= 0.3 is 0 Å². The Hall–Kier alpha value is -5.16. The van der Waals surface area contributed by atoms with Gasteiger partial charge in [0.25, 0.3) is 0 Å². The highest BCUT2D eigenvalue weighted by molar-refractivity contribution is 7.27. The van der Waals surface area contributed by atoms with Gasteiger partial charge in [0.05, 0.1) is 0 Å². The first kappa shape index (κ1) is 24.3. The number of nitrogens with zero attached hydrogens (tertiary/aromatic N) is 1. The van der Waals surface area contributed by atoms with Crippen LogP contribution in [-0.4, -0.2) is 0 Å². The largest absolute Gasteiger partial charge is 0.456 e. The number of hydrogen-bond donors (Lipinski definition) is 0. The van der Waals surface area contributed by atoms with E-state index in [9.17, 15) is 0 Å². The minimum atomic E-state index is 0.898. The van der Waals surface area contributed by atoms with Crippen molar-refractivity contribution in [1.29, 1.82) is 0 Å². The molecule has 0 bridgehead atoms. The SMILES string of the molecule is c1ccc(N(c2ccc3c(c2)oc2ccc4c(sc5ccc6ccccc6c54)c23)c2ccc3sc4ccccc4c3c2)cc1. The Balaban J connectivity index is 1.20. The van der Waals surface area contributed by atoms with Crippen molar-refractivity contribution in [3.05, 3.63) is 140 Å². The highest BCUT2D eigenvalue weighted by atomic mass is 32.1. The normalized spacial score (nSPS) is 12.1. The summed E-state index contributed by atoms with van der Waals surface area (Å²) in [5.74, 6) is 0. The fraction of sp³-hybridized carbons (Fsp3) is 0. The highest BCUT2D eigenvalue weighted by Crippen LogP contribution is 2.46. The third-order valence-electron chi connectivity index (χ3n) is 8.84. The van der Waals surface area contributed by atoms with Crippen LogP contribution in [0, 0.1) is 0 Å². The molecule has 44 heavy (non-hydrogen) atoms. The molecule has 0 fully saturated rings. The first-order valence-corrected chi connectivity index (χ1v) is 16.4. The molecule has 0 saturated heterocycles. The van der Waals surface area contributed by atoms with E-state index in [0.29, 0.717) is 0 Å². The summed E-state index contributed by atoms with van der Waals surface area (Å²) in [5, 5.41) is 10.1. The fourth-order valence-electron chi connectivity index (χ4n) is 6.87. The molecule has 0 unspecified atom stereocenters. The van der Waals surface area contributed by atoms with Crippen LogP contribution in [0.25, 0.3) is 73.1 Å². The molecule has 3 aromatic heterocycles. The molecular formula is C40H23NOS2. The van der Waals surface area contributed by atoms with Crippen LogP contribution in [0.3, 0.4) is 0 Å². The van der Waals surface area contributed by atoms with E-state index in [0.717, 1.165) is 33.6 Å². The van der Waals surface area contributed by atoms with Crippen LogP contribution in [0.1, 0.15) is 0 Å². The lowest BCUT2D eigenvalue weighted by atomic mass is 10.0. The molecular weight excluding hydrogens is 575 g/mol. The third kappa shape index (κ3) is 3.47. The van der Waals surface area contributed by atoms with Gasteiger partial charge in [-0.1, -0.05) is 66.7 Å². The van der Waals surface area contributed by atoms with E-state index in [4.69, 9.17) is 4.42 Å². The summed E-state index contributed by atoms with van der Waals surface area (Å²) < 4.78 is 11.8. The van der Waals surface area contributed by atoms with Crippen LogP contribution in [0.15, 0.2) is 144 Å². The number of hydrogen-bond acceptors (Lipinski definition) is 4. The predicted octanol–water partition coefficient (Wildman–Crippen LogP) is 12.9. The number of thiophene rings is 2. The van der Waals surface area contributed by atoms with E-state index in [1.54, 1.807) is 0 Å². The van der Waals surface area contributed by atoms with Crippen molar-refractivity contribution < 1.29 is 4.42 Å². The lowest BCUT2D eigenvalue weighted by Gasteiger charge is -2.25. The Morgan fingerprint density at radius 3 is 2.07 bits per heavy atom. The van der Waals surface area contributed by atoms with Gasteiger partial charge in [-0.2, -0.15) is 0 Å². The first-order chi connectivity index (χ1) is 21.8. The molecule has 0 N–H and O–H groups in total. The summed E-state index contributed by atoms with van der Waals surface area (Å²) in [7, 11) is 0. The van der Waals surface area contributed by atoms with Gasteiger partial charge in [0, 0.05) is 74.2 Å². The number of rotatable bonds is 3. The molecule has 206 valence electrons. The van der Waals surface area contributed by atoms with Crippen LogP contribution < -0.4 is 4.90 Å². The highest BCUT2D eigenvalue weighted by Gasteiger charge is 2.19. The fourth-order valence-corrected chi connectivity index (χ4v) is 9.23. The molecule has 2 nitrogen and oxygen atoms in total. The Morgan fingerprint density at radius 1 is 0.409 bits per heavy atom. The molecule has 0 saturated carbocycles. The predicted molar refractivity (Wildman–Crippen MR) is 192 cm³/mol. The van der Waals surface area contributed by atoms with Crippen molar-refractivity contribution in [2.24, 2.45) is 0 Å². The van der Waals surface area contributed by atoms with E-state index >= 15 is 0 Å². The summed E-state index contributed by atoms with van der Waals surface area (Å²) in [6.07, 6.45) is 0. The van der Waals surface area contributed by atoms with Crippen molar-refractivity contribution in [2.45, 2.75) is 0 Å². The Morgan fingerprint density at radius 2 is 1.14 bits per heavy atom. The quantitative estimate of drug-likeness (QED) is 0.201. The average Bonchev–Trinajstić information content (AvgIpc) is 3.76. The van der Waals surface area contributed by atoms with Crippen molar-refractivity contribution >= 4 is 113 Å². The van der Waals surface area contributed by atoms with Gasteiger partial charge in [0.1, 0.15) is 11.2 Å². The lowest BCUT2D eigenvalue weighted by molar-refractivity contribution is 0.669. The Bertz CT molecular complexity index is 2730. The van der Waals surface area contributed by atoms with Gasteiger partial charge < -0.3 is 9.32 Å². The molecule has 0 aliphatic rings. The molecule has 0 spiro atoms. The Labute approximate surface area is 260 Å². The van der Waals surface area contributed by atoms with Crippen LogP contribution in [-0.2, 0) is 0 Å². The molecule has 0 aliphatic carbocycles. The van der Waals surface area contributed by atoms with Crippen molar-refractivity contribution in [1.82, 2.24) is 0 Å². The second-order valence-corrected chi connectivity index (χ2v) is 13.4. The van der Waals surface area contributed by atoms with Crippen LogP contribution in [0.5, 0.6) is 0 Å².